The zero-order valence-corrected chi connectivity index (χ0v) is 11.6. The van der Waals surface area contributed by atoms with E-state index in [1.54, 1.807) is 36.3 Å². The van der Waals surface area contributed by atoms with E-state index >= 15 is 0 Å². The van der Waals surface area contributed by atoms with Crippen LogP contribution in [-0.4, -0.2) is 16.6 Å². The Labute approximate surface area is 117 Å². The molecule has 4 heteroatoms. The third kappa shape index (κ3) is 4.75. The van der Waals surface area contributed by atoms with Gasteiger partial charge in [0.2, 0.25) is 5.91 Å². The summed E-state index contributed by atoms with van der Waals surface area (Å²) in [5.41, 5.74) is 3.28. The highest BCUT2D eigenvalue weighted by molar-refractivity contribution is 7.99. The number of nitrogens with zero attached hydrogens (tertiary/aromatic N) is 1. The quantitative estimate of drug-likeness (QED) is 0.908. The number of carbonyl (C=O) groups is 1. The number of pyridine rings is 1. The molecule has 0 saturated heterocycles. The van der Waals surface area contributed by atoms with Gasteiger partial charge in [-0.15, -0.1) is 11.8 Å². The molecule has 0 aliphatic rings. The number of amides is 1. The highest BCUT2D eigenvalue weighted by Crippen LogP contribution is 2.13. The Hall–Kier alpha value is -1.81. The molecule has 0 radical (unpaired) electrons. The van der Waals surface area contributed by atoms with Crippen LogP contribution in [0.2, 0.25) is 0 Å². The fourth-order valence-electron chi connectivity index (χ4n) is 1.58. The number of anilines is 1. The van der Waals surface area contributed by atoms with Crippen molar-refractivity contribution in [2.45, 2.75) is 12.7 Å². The fraction of sp³-hybridized carbons (Fsp3) is 0.200. The topological polar surface area (TPSA) is 42.0 Å². The summed E-state index contributed by atoms with van der Waals surface area (Å²) in [6.07, 6.45) is 3.32. The summed E-state index contributed by atoms with van der Waals surface area (Å²) in [5.74, 6) is 1.32. The highest BCUT2D eigenvalue weighted by Gasteiger charge is 2.02. The molecule has 19 heavy (non-hydrogen) atoms. The Kier molecular flexibility index (Phi) is 4.98. The summed E-state index contributed by atoms with van der Waals surface area (Å²) < 4.78 is 0. The molecule has 0 atom stereocenters. The van der Waals surface area contributed by atoms with E-state index in [0.29, 0.717) is 5.75 Å². The summed E-state index contributed by atoms with van der Waals surface area (Å²) in [6.45, 7) is 2.07. The number of rotatable bonds is 5. The van der Waals surface area contributed by atoms with Crippen LogP contribution in [0.15, 0.2) is 48.8 Å². The van der Waals surface area contributed by atoms with Gasteiger partial charge in [-0.2, -0.15) is 0 Å². The summed E-state index contributed by atoms with van der Waals surface area (Å²) in [6, 6.07) is 11.9. The number of thioether (sulfide) groups is 1. The van der Waals surface area contributed by atoms with Gasteiger partial charge in [-0.3, -0.25) is 9.78 Å². The van der Waals surface area contributed by atoms with Gasteiger partial charge in [0.1, 0.15) is 0 Å². The third-order valence-electron chi connectivity index (χ3n) is 2.59. The fourth-order valence-corrected chi connectivity index (χ4v) is 2.37. The SMILES string of the molecule is Cc1ccc(CSCC(=O)Nc2ccncc2)cc1. The van der Waals surface area contributed by atoms with Crippen LogP contribution in [0.5, 0.6) is 0 Å². The van der Waals surface area contributed by atoms with Crippen molar-refractivity contribution in [3.8, 4) is 0 Å². The van der Waals surface area contributed by atoms with Crippen molar-refractivity contribution in [3.63, 3.8) is 0 Å². The lowest BCUT2D eigenvalue weighted by molar-refractivity contribution is -0.113. The molecule has 0 bridgehead atoms. The van der Waals surface area contributed by atoms with E-state index in [9.17, 15) is 4.79 Å². The Bertz CT molecular complexity index is 526. The molecule has 0 aliphatic carbocycles. The van der Waals surface area contributed by atoms with Gasteiger partial charge < -0.3 is 5.32 Å². The summed E-state index contributed by atoms with van der Waals surface area (Å²) in [7, 11) is 0. The molecular formula is C15H16N2OS. The van der Waals surface area contributed by atoms with Crippen LogP contribution in [0.1, 0.15) is 11.1 Å². The van der Waals surface area contributed by atoms with Crippen LogP contribution < -0.4 is 5.32 Å². The van der Waals surface area contributed by atoms with Crippen LogP contribution in [-0.2, 0) is 10.5 Å². The lowest BCUT2D eigenvalue weighted by atomic mass is 10.2. The first-order valence-electron chi connectivity index (χ1n) is 6.07. The van der Waals surface area contributed by atoms with Crippen molar-refractivity contribution in [1.82, 2.24) is 4.98 Å². The highest BCUT2D eigenvalue weighted by atomic mass is 32.2. The minimum absolute atomic E-state index is 0.0170. The van der Waals surface area contributed by atoms with Crippen molar-refractivity contribution in [1.29, 1.82) is 0 Å². The molecule has 2 aromatic rings. The molecule has 3 nitrogen and oxygen atoms in total. The molecule has 0 saturated carbocycles. The van der Waals surface area contributed by atoms with Crippen molar-refractivity contribution in [2.75, 3.05) is 11.1 Å². The average molecular weight is 272 g/mol. The average Bonchev–Trinajstić information content (AvgIpc) is 2.42. The largest absolute Gasteiger partial charge is 0.325 e. The first kappa shape index (κ1) is 13.6. The van der Waals surface area contributed by atoms with E-state index in [2.05, 4.69) is 41.5 Å². The van der Waals surface area contributed by atoms with E-state index in [4.69, 9.17) is 0 Å². The summed E-state index contributed by atoms with van der Waals surface area (Å²) >= 11 is 1.61. The molecule has 1 aromatic heterocycles. The predicted molar refractivity (Wildman–Crippen MR) is 80.2 cm³/mol. The Balaban J connectivity index is 1.74. The zero-order chi connectivity index (χ0) is 13.5. The van der Waals surface area contributed by atoms with E-state index in [1.165, 1.54) is 11.1 Å². The maximum absolute atomic E-state index is 11.7. The van der Waals surface area contributed by atoms with Gasteiger partial charge in [-0.25, -0.2) is 0 Å². The first-order valence-corrected chi connectivity index (χ1v) is 7.23. The van der Waals surface area contributed by atoms with Gasteiger partial charge in [-0.1, -0.05) is 29.8 Å². The molecule has 0 spiro atoms. The van der Waals surface area contributed by atoms with Gasteiger partial charge in [0.15, 0.2) is 0 Å². The van der Waals surface area contributed by atoms with Crippen LogP contribution >= 0.6 is 11.8 Å². The van der Waals surface area contributed by atoms with Gasteiger partial charge in [0.25, 0.3) is 0 Å². The molecule has 1 N–H and O–H groups in total. The molecule has 98 valence electrons. The number of benzene rings is 1. The Morgan fingerprint density at radius 3 is 2.53 bits per heavy atom. The second kappa shape index (κ2) is 6.95. The van der Waals surface area contributed by atoms with Crippen LogP contribution in [0.4, 0.5) is 5.69 Å². The number of nitrogens with one attached hydrogen (secondary N) is 1. The molecule has 0 unspecified atom stereocenters. The molecule has 1 aromatic carbocycles. The van der Waals surface area contributed by atoms with E-state index < -0.39 is 0 Å². The molecule has 2 rings (SSSR count). The Morgan fingerprint density at radius 1 is 1.16 bits per heavy atom. The van der Waals surface area contributed by atoms with Crippen molar-refractivity contribution < 1.29 is 4.79 Å². The van der Waals surface area contributed by atoms with Gasteiger partial charge >= 0.3 is 0 Å². The lowest BCUT2D eigenvalue weighted by Gasteiger charge is -2.05. The maximum Gasteiger partial charge on any atom is 0.234 e. The second-order valence-corrected chi connectivity index (χ2v) is 5.25. The molecule has 0 aliphatic heterocycles. The van der Waals surface area contributed by atoms with Crippen LogP contribution in [0.25, 0.3) is 0 Å². The molecule has 1 amide bonds. The maximum atomic E-state index is 11.7. The van der Waals surface area contributed by atoms with E-state index in [-0.39, 0.29) is 5.91 Å². The summed E-state index contributed by atoms with van der Waals surface area (Å²) in [5, 5.41) is 2.84. The van der Waals surface area contributed by atoms with Crippen molar-refractivity contribution in [2.24, 2.45) is 0 Å². The van der Waals surface area contributed by atoms with Crippen molar-refractivity contribution >= 4 is 23.4 Å². The monoisotopic (exact) mass is 272 g/mol. The minimum Gasteiger partial charge on any atom is -0.325 e. The van der Waals surface area contributed by atoms with E-state index in [0.717, 1.165) is 11.4 Å². The number of hydrogen-bond acceptors (Lipinski definition) is 3. The van der Waals surface area contributed by atoms with Crippen LogP contribution in [0.3, 0.4) is 0 Å². The van der Waals surface area contributed by atoms with Crippen molar-refractivity contribution in [3.05, 3.63) is 59.9 Å². The number of aryl methyl sites for hydroxylation is 1. The normalized spacial score (nSPS) is 10.2. The molecule has 0 fully saturated rings. The zero-order valence-electron chi connectivity index (χ0n) is 10.8. The van der Waals surface area contributed by atoms with Gasteiger partial charge in [-0.05, 0) is 24.6 Å². The van der Waals surface area contributed by atoms with Gasteiger partial charge in [0, 0.05) is 23.8 Å². The number of aromatic nitrogens is 1. The first-order chi connectivity index (χ1) is 9.24. The second-order valence-electron chi connectivity index (χ2n) is 4.26. The summed E-state index contributed by atoms with van der Waals surface area (Å²) in [4.78, 5) is 15.6. The lowest BCUT2D eigenvalue weighted by Crippen LogP contribution is -2.14. The third-order valence-corrected chi connectivity index (χ3v) is 3.59. The van der Waals surface area contributed by atoms with Crippen LogP contribution in [0, 0.1) is 6.92 Å². The standard InChI is InChI=1S/C15H16N2OS/c1-12-2-4-13(5-3-12)10-19-11-15(18)17-14-6-8-16-9-7-14/h2-9H,10-11H2,1H3,(H,16,17,18). The Morgan fingerprint density at radius 2 is 1.84 bits per heavy atom. The number of carbonyl (C=O) groups excluding carboxylic acids is 1. The smallest absolute Gasteiger partial charge is 0.234 e. The molecule has 1 heterocycles. The van der Waals surface area contributed by atoms with Gasteiger partial charge in [0.05, 0.1) is 5.75 Å². The minimum atomic E-state index is 0.0170. The molecular weight excluding hydrogens is 256 g/mol. The number of hydrogen-bond donors (Lipinski definition) is 1. The van der Waals surface area contributed by atoms with E-state index in [1.807, 2.05) is 0 Å². The predicted octanol–water partition coefficient (Wildman–Crippen LogP) is 3.26.